The summed E-state index contributed by atoms with van der Waals surface area (Å²) in [6.45, 7) is 6.07. The van der Waals surface area contributed by atoms with E-state index in [0.29, 0.717) is 30.9 Å². The Morgan fingerprint density at radius 2 is 2.23 bits per heavy atom. The quantitative estimate of drug-likeness (QED) is 0.797. The molecular formula is C17H26ClNO3. The number of benzene rings is 1. The molecule has 4 nitrogen and oxygen atoms in total. The van der Waals surface area contributed by atoms with E-state index in [4.69, 9.17) is 21.1 Å². The molecule has 1 fully saturated rings. The summed E-state index contributed by atoms with van der Waals surface area (Å²) in [5.41, 5.74) is 0.950. The maximum Gasteiger partial charge on any atom is 0.0900 e. The number of aliphatic hydroxyl groups is 1. The van der Waals surface area contributed by atoms with Crippen LogP contribution in [0.15, 0.2) is 24.3 Å². The third-order valence-electron chi connectivity index (χ3n) is 3.86. The fourth-order valence-corrected chi connectivity index (χ4v) is 3.01. The fraction of sp³-hybridized carbons (Fsp3) is 0.647. The van der Waals surface area contributed by atoms with Gasteiger partial charge in [0.1, 0.15) is 0 Å². The van der Waals surface area contributed by atoms with Crippen molar-refractivity contribution < 1.29 is 14.6 Å². The number of hydrogen-bond donors (Lipinski definition) is 1. The predicted molar refractivity (Wildman–Crippen MR) is 88.2 cm³/mol. The molecule has 0 bridgehead atoms. The number of rotatable bonds is 8. The van der Waals surface area contributed by atoms with Crippen molar-refractivity contribution in [2.45, 2.75) is 38.6 Å². The lowest BCUT2D eigenvalue weighted by atomic mass is 10.1. The first-order valence-electron chi connectivity index (χ1n) is 8.02. The molecule has 1 N–H and O–H groups in total. The van der Waals surface area contributed by atoms with Crippen LogP contribution in [0.4, 0.5) is 0 Å². The lowest BCUT2D eigenvalue weighted by molar-refractivity contribution is -0.0259. The van der Waals surface area contributed by atoms with Crippen LogP contribution in [0.5, 0.6) is 0 Å². The van der Waals surface area contributed by atoms with Gasteiger partial charge in [-0.15, -0.1) is 0 Å². The Morgan fingerprint density at radius 3 is 3.00 bits per heavy atom. The van der Waals surface area contributed by atoms with E-state index in [2.05, 4.69) is 4.90 Å². The van der Waals surface area contributed by atoms with E-state index in [0.717, 1.165) is 38.1 Å². The van der Waals surface area contributed by atoms with Crippen molar-refractivity contribution in [3.05, 3.63) is 34.9 Å². The monoisotopic (exact) mass is 327 g/mol. The molecule has 5 heteroatoms. The summed E-state index contributed by atoms with van der Waals surface area (Å²) in [7, 11) is 0. The van der Waals surface area contributed by atoms with Crippen LogP contribution in [0.1, 0.15) is 25.3 Å². The number of aliphatic hydroxyl groups excluding tert-OH is 1. The molecule has 2 unspecified atom stereocenters. The summed E-state index contributed by atoms with van der Waals surface area (Å²) in [4.78, 5) is 2.26. The molecule has 0 saturated carbocycles. The van der Waals surface area contributed by atoms with Gasteiger partial charge in [-0.1, -0.05) is 29.8 Å². The minimum Gasteiger partial charge on any atom is -0.389 e. The number of ether oxygens (including phenoxy) is 2. The first-order valence-corrected chi connectivity index (χ1v) is 8.40. The van der Waals surface area contributed by atoms with Gasteiger partial charge in [0, 0.05) is 24.7 Å². The number of hydrogen-bond acceptors (Lipinski definition) is 4. The molecule has 0 radical (unpaired) electrons. The highest BCUT2D eigenvalue weighted by atomic mass is 35.5. The summed E-state index contributed by atoms with van der Waals surface area (Å²) in [6, 6.07) is 7.61. The molecule has 2 atom stereocenters. The topological polar surface area (TPSA) is 41.9 Å². The molecule has 1 saturated heterocycles. The molecule has 1 aliphatic rings. The first-order chi connectivity index (χ1) is 10.7. The fourth-order valence-electron chi connectivity index (χ4n) is 2.82. The van der Waals surface area contributed by atoms with Crippen LogP contribution in [0.3, 0.4) is 0 Å². The third kappa shape index (κ3) is 5.86. The summed E-state index contributed by atoms with van der Waals surface area (Å²) in [5, 5.41) is 10.8. The predicted octanol–water partition coefficient (Wildman–Crippen LogP) is 2.72. The van der Waals surface area contributed by atoms with Crippen LogP contribution in [-0.2, 0) is 16.1 Å². The second-order valence-electron chi connectivity index (χ2n) is 5.74. The van der Waals surface area contributed by atoms with Crippen LogP contribution in [0, 0.1) is 0 Å². The Balaban J connectivity index is 1.67. The Kier molecular flexibility index (Phi) is 7.63. The smallest absolute Gasteiger partial charge is 0.0900 e. The van der Waals surface area contributed by atoms with Crippen molar-refractivity contribution in [2.75, 3.05) is 32.8 Å². The molecule has 1 aromatic carbocycles. The van der Waals surface area contributed by atoms with Crippen LogP contribution >= 0.6 is 11.6 Å². The van der Waals surface area contributed by atoms with Crippen molar-refractivity contribution in [1.82, 2.24) is 4.90 Å². The van der Waals surface area contributed by atoms with E-state index in [1.807, 2.05) is 31.2 Å². The highest BCUT2D eigenvalue weighted by Crippen LogP contribution is 2.16. The van der Waals surface area contributed by atoms with Gasteiger partial charge >= 0.3 is 0 Å². The van der Waals surface area contributed by atoms with Gasteiger partial charge in [-0.25, -0.2) is 0 Å². The highest BCUT2D eigenvalue weighted by Gasteiger charge is 2.21. The maximum absolute atomic E-state index is 10.1. The standard InChI is InChI=1S/C17H26ClNO3/c1-2-22-16-7-5-9-19(11-16)10-15(20)13-21-12-14-6-3-4-8-17(14)18/h3-4,6,8,15-16,20H,2,5,7,9-13H2,1H3. The Labute approximate surface area is 138 Å². The zero-order valence-corrected chi connectivity index (χ0v) is 14.0. The molecular weight excluding hydrogens is 302 g/mol. The van der Waals surface area contributed by atoms with Crippen molar-refractivity contribution in [3.8, 4) is 0 Å². The second kappa shape index (κ2) is 9.48. The average molecular weight is 328 g/mol. The van der Waals surface area contributed by atoms with Gasteiger partial charge < -0.3 is 14.6 Å². The van der Waals surface area contributed by atoms with Gasteiger partial charge in [-0.05, 0) is 37.9 Å². The van der Waals surface area contributed by atoms with Gasteiger partial charge in [0.25, 0.3) is 0 Å². The Morgan fingerprint density at radius 1 is 1.41 bits per heavy atom. The van der Waals surface area contributed by atoms with Gasteiger partial charge in [0.2, 0.25) is 0 Å². The molecule has 0 aliphatic carbocycles. The van der Waals surface area contributed by atoms with Crippen LogP contribution in [0.2, 0.25) is 5.02 Å². The molecule has 1 aromatic rings. The molecule has 1 aliphatic heterocycles. The molecule has 0 aromatic heterocycles. The van der Waals surface area contributed by atoms with Crippen LogP contribution < -0.4 is 0 Å². The van der Waals surface area contributed by atoms with Crippen molar-refractivity contribution in [2.24, 2.45) is 0 Å². The Hall–Kier alpha value is -0.650. The van der Waals surface area contributed by atoms with Crippen molar-refractivity contribution in [1.29, 1.82) is 0 Å². The maximum atomic E-state index is 10.1. The zero-order valence-electron chi connectivity index (χ0n) is 13.2. The number of nitrogens with zero attached hydrogens (tertiary/aromatic N) is 1. The minimum atomic E-state index is -0.483. The number of halogens is 1. The summed E-state index contributed by atoms with van der Waals surface area (Å²) < 4.78 is 11.3. The lowest BCUT2D eigenvalue weighted by Gasteiger charge is -2.33. The van der Waals surface area contributed by atoms with E-state index in [9.17, 15) is 5.11 Å². The SMILES string of the molecule is CCOC1CCCN(CC(O)COCc2ccccc2Cl)C1. The van der Waals surface area contributed by atoms with Crippen LogP contribution in [-0.4, -0.2) is 55.1 Å². The normalized spacial score (nSPS) is 21.0. The molecule has 1 heterocycles. The average Bonchev–Trinajstić information content (AvgIpc) is 2.50. The van der Waals surface area contributed by atoms with Gasteiger partial charge in [-0.2, -0.15) is 0 Å². The zero-order chi connectivity index (χ0) is 15.8. The second-order valence-corrected chi connectivity index (χ2v) is 6.15. The summed E-state index contributed by atoms with van der Waals surface area (Å²) in [6.07, 6.45) is 2.05. The Bertz CT molecular complexity index is 442. The number of β-amino-alcohol motifs (C(OH)–C–C–N with tert-alkyl or cyclic N) is 1. The van der Waals surface area contributed by atoms with Crippen LogP contribution in [0.25, 0.3) is 0 Å². The van der Waals surface area contributed by atoms with Crippen molar-refractivity contribution >= 4 is 11.6 Å². The number of likely N-dealkylation sites (tertiary alicyclic amines) is 1. The van der Waals surface area contributed by atoms with E-state index in [1.165, 1.54) is 0 Å². The largest absolute Gasteiger partial charge is 0.389 e. The summed E-state index contributed by atoms with van der Waals surface area (Å²) >= 11 is 6.08. The molecule has 2 rings (SSSR count). The molecule has 124 valence electrons. The number of piperidine rings is 1. The highest BCUT2D eigenvalue weighted by molar-refractivity contribution is 6.31. The molecule has 22 heavy (non-hydrogen) atoms. The first kappa shape index (κ1) is 17.7. The van der Waals surface area contributed by atoms with Gasteiger partial charge in [-0.3, -0.25) is 4.90 Å². The minimum absolute atomic E-state index is 0.301. The van der Waals surface area contributed by atoms with Gasteiger partial charge in [0.15, 0.2) is 0 Å². The van der Waals surface area contributed by atoms with Crippen molar-refractivity contribution in [3.63, 3.8) is 0 Å². The third-order valence-corrected chi connectivity index (χ3v) is 4.23. The molecule has 0 amide bonds. The van der Waals surface area contributed by atoms with Gasteiger partial charge in [0.05, 0.1) is 25.4 Å². The van der Waals surface area contributed by atoms with E-state index < -0.39 is 6.10 Å². The van der Waals surface area contributed by atoms with E-state index >= 15 is 0 Å². The lowest BCUT2D eigenvalue weighted by Crippen LogP contribution is -2.44. The van der Waals surface area contributed by atoms with E-state index in [-0.39, 0.29) is 0 Å². The van der Waals surface area contributed by atoms with E-state index in [1.54, 1.807) is 0 Å². The summed E-state index contributed by atoms with van der Waals surface area (Å²) in [5.74, 6) is 0. The molecule has 0 spiro atoms.